The van der Waals surface area contributed by atoms with Gasteiger partial charge in [-0.3, -0.25) is 14.9 Å². The van der Waals surface area contributed by atoms with Crippen LogP contribution in [-0.2, 0) is 9.53 Å². The Morgan fingerprint density at radius 2 is 1.85 bits per heavy atom. The summed E-state index contributed by atoms with van der Waals surface area (Å²) in [6, 6.07) is 4.13. The molecule has 27 heavy (non-hydrogen) atoms. The lowest BCUT2D eigenvalue weighted by atomic mass is 10.1. The molecule has 0 aliphatic carbocycles. The SMILES string of the molecule is C=CCN(CC=C)C(=O)COC(=O)c1cc([N+](=O)[O-])ccc1N1CCCC1. The number of hydrogen-bond acceptors (Lipinski definition) is 6. The molecule has 1 fully saturated rings. The molecule has 0 spiro atoms. The summed E-state index contributed by atoms with van der Waals surface area (Å²) in [7, 11) is 0. The molecule has 0 bridgehead atoms. The third kappa shape index (κ3) is 5.16. The van der Waals surface area contributed by atoms with Gasteiger partial charge in [-0.2, -0.15) is 0 Å². The van der Waals surface area contributed by atoms with Crippen molar-refractivity contribution >= 4 is 23.3 Å². The molecule has 0 unspecified atom stereocenters. The number of carbonyl (C=O) groups excluding carboxylic acids is 2. The third-order valence-corrected chi connectivity index (χ3v) is 4.24. The fourth-order valence-electron chi connectivity index (χ4n) is 2.92. The van der Waals surface area contributed by atoms with Crippen molar-refractivity contribution in [2.75, 3.05) is 37.7 Å². The highest BCUT2D eigenvalue weighted by Gasteiger charge is 2.24. The minimum atomic E-state index is -0.758. The van der Waals surface area contributed by atoms with Crippen molar-refractivity contribution in [2.24, 2.45) is 0 Å². The monoisotopic (exact) mass is 373 g/mol. The van der Waals surface area contributed by atoms with Crippen LogP contribution in [-0.4, -0.2) is 54.5 Å². The molecule has 0 N–H and O–H groups in total. The number of nitrogens with zero attached hydrogens (tertiary/aromatic N) is 3. The van der Waals surface area contributed by atoms with Crippen molar-refractivity contribution in [3.05, 3.63) is 59.2 Å². The standard InChI is InChI=1S/C19H23N3O5/c1-3-9-21(10-4-2)18(23)14-27-19(24)16-13-15(22(25)26)7-8-17(16)20-11-5-6-12-20/h3-4,7-8,13H,1-2,5-6,9-12,14H2. The number of ether oxygens (including phenoxy) is 1. The lowest BCUT2D eigenvalue weighted by Crippen LogP contribution is -2.35. The number of esters is 1. The van der Waals surface area contributed by atoms with E-state index >= 15 is 0 Å². The fourth-order valence-corrected chi connectivity index (χ4v) is 2.92. The van der Waals surface area contributed by atoms with Crippen LogP contribution in [0.1, 0.15) is 23.2 Å². The number of nitro groups is 1. The summed E-state index contributed by atoms with van der Waals surface area (Å²) >= 11 is 0. The lowest BCUT2D eigenvalue weighted by Gasteiger charge is -2.21. The van der Waals surface area contributed by atoms with Gasteiger partial charge in [0.1, 0.15) is 0 Å². The molecule has 1 aromatic rings. The highest BCUT2D eigenvalue weighted by molar-refractivity contribution is 5.97. The van der Waals surface area contributed by atoms with E-state index in [2.05, 4.69) is 13.2 Å². The molecule has 1 aliphatic heterocycles. The largest absolute Gasteiger partial charge is 0.452 e. The minimum absolute atomic E-state index is 0.0953. The van der Waals surface area contributed by atoms with Gasteiger partial charge in [-0.05, 0) is 18.9 Å². The van der Waals surface area contributed by atoms with Crippen molar-refractivity contribution in [1.29, 1.82) is 0 Å². The summed E-state index contributed by atoms with van der Waals surface area (Å²) < 4.78 is 5.15. The van der Waals surface area contributed by atoms with Crippen molar-refractivity contribution in [3.63, 3.8) is 0 Å². The zero-order valence-electron chi connectivity index (χ0n) is 15.1. The molecule has 1 heterocycles. The molecular formula is C19H23N3O5. The van der Waals surface area contributed by atoms with Crippen LogP contribution < -0.4 is 4.90 Å². The van der Waals surface area contributed by atoms with Crippen LogP contribution >= 0.6 is 0 Å². The van der Waals surface area contributed by atoms with E-state index in [0.29, 0.717) is 18.8 Å². The molecule has 1 aliphatic rings. The molecule has 2 rings (SSSR count). The summed E-state index contributed by atoms with van der Waals surface area (Å²) in [5.74, 6) is -1.15. The smallest absolute Gasteiger partial charge is 0.341 e. The van der Waals surface area contributed by atoms with Crippen LogP contribution in [0, 0.1) is 10.1 Å². The Labute approximate surface area is 157 Å². The average molecular weight is 373 g/mol. The van der Waals surface area contributed by atoms with E-state index in [1.807, 2.05) is 4.90 Å². The number of hydrogen-bond donors (Lipinski definition) is 0. The van der Waals surface area contributed by atoms with Gasteiger partial charge in [-0.25, -0.2) is 4.79 Å². The topological polar surface area (TPSA) is 93.0 Å². The molecule has 0 aromatic heterocycles. The first-order valence-electron chi connectivity index (χ1n) is 8.68. The highest BCUT2D eigenvalue weighted by atomic mass is 16.6. The first kappa shape index (κ1) is 20.2. The van der Waals surface area contributed by atoms with E-state index in [1.54, 1.807) is 18.2 Å². The Kier molecular flexibility index (Phi) is 7.10. The van der Waals surface area contributed by atoms with Gasteiger partial charge >= 0.3 is 5.97 Å². The van der Waals surface area contributed by atoms with E-state index in [4.69, 9.17) is 4.74 Å². The molecule has 0 atom stereocenters. The second-order valence-corrected chi connectivity index (χ2v) is 6.10. The maximum absolute atomic E-state index is 12.6. The lowest BCUT2D eigenvalue weighted by molar-refractivity contribution is -0.384. The van der Waals surface area contributed by atoms with Gasteiger partial charge in [0.05, 0.1) is 16.2 Å². The van der Waals surface area contributed by atoms with Gasteiger partial charge in [-0.1, -0.05) is 12.2 Å². The number of amides is 1. The van der Waals surface area contributed by atoms with Crippen LogP contribution in [0.3, 0.4) is 0 Å². The molecule has 0 saturated carbocycles. The van der Waals surface area contributed by atoms with E-state index in [0.717, 1.165) is 25.9 Å². The maximum atomic E-state index is 12.6. The Morgan fingerprint density at radius 1 is 1.22 bits per heavy atom. The summed E-state index contributed by atoms with van der Waals surface area (Å²) in [4.78, 5) is 38.7. The Hall–Kier alpha value is -3.16. The quantitative estimate of drug-likeness (QED) is 0.286. The van der Waals surface area contributed by atoms with Crippen molar-refractivity contribution in [2.45, 2.75) is 12.8 Å². The predicted molar refractivity (Wildman–Crippen MR) is 102 cm³/mol. The second-order valence-electron chi connectivity index (χ2n) is 6.10. The van der Waals surface area contributed by atoms with Crippen LogP contribution in [0.15, 0.2) is 43.5 Å². The van der Waals surface area contributed by atoms with Crippen LogP contribution in [0.5, 0.6) is 0 Å². The minimum Gasteiger partial charge on any atom is -0.452 e. The van der Waals surface area contributed by atoms with Gasteiger partial charge in [0.15, 0.2) is 6.61 Å². The van der Waals surface area contributed by atoms with Gasteiger partial charge in [0.2, 0.25) is 0 Å². The maximum Gasteiger partial charge on any atom is 0.341 e. The molecule has 1 saturated heterocycles. The van der Waals surface area contributed by atoms with Crippen LogP contribution in [0.25, 0.3) is 0 Å². The summed E-state index contributed by atoms with van der Waals surface area (Å²) in [5.41, 5.74) is 0.485. The van der Waals surface area contributed by atoms with Gasteiger partial charge in [0, 0.05) is 38.3 Å². The van der Waals surface area contributed by atoms with Crippen LogP contribution in [0.4, 0.5) is 11.4 Å². The Bertz CT molecular complexity index is 731. The first-order chi connectivity index (χ1) is 13.0. The number of rotatable bonds is 9. The normalized spacial score (nSPS) is 13.1. The van der Waals surface area contributed by atoms with Crippen LogP contribution in [0.2, 0.25) is 0 Å². The Morgan fingerprint density at radius 3 is 2.41 bits per heavy atom. The van der Waals surface area contributed by atoms with Crippen molar-refractivity contribution in [3.8, 4) is 0 Å². The molecule has 8 heteroatoms. The number of anilines is 1. The van der Waals surface area contributed by atoms with E-state index in [-0.39, 0.29) is 11.3 Å². The number of carbonyl (C=O) groups is 2. The molecular weight excluding hydrogens is 350 g/mol. The molecule has 0 radical (unpaired) electrons. The predicted octanol–water partition coefficient (Wildman–Crippen LogP) is 2.55. The molecule has 1 amide bonds. The van der Waals surface area contributed by atoms with E-state index < -0.39 is 23.4 Å². The van der Waals surface area contributed by atoms with E-state index in [9.17, 15) is 19.7 Å². The van der Waals surface area contributed by atoms with Gasteiger partial charge in [0.25, 0.3) is 11.6 Å². The first-order valence-corrected chi connectivity index (χ1v) is 8.68. The van der Waals surface area contributed by atoms with Crippen molar-refractivity contribution < 1.29 is 19.2 Å². The van der Waals surface area contributed by atoms with Gasteiger partial charge < -0.3 is 14.5 Å². The second kappa shape index (κ2) is 9.51. The summed E-state index contributed by atoms with van der Waals surface area (Å²) in [5, 5.41) is 11.1. The van der Waals surface area contributed by atoms with Gasteiger partial charge in [-0.15, -0.1) is 13.2 Å². The summed E-state index contributed by atoms with van der Waals surface area (Å²) in [6.45, 7) is 8.86. The molecule has 8 nitrogen and oxygen atoms in total. The fraction of sp³-hybridized carbons (Fsp3) is 0.368. The number of nitro benzene ring substituents is 1. The molecule has 144 valence electrons. The summed E-state index contributed by atoms with van der Waals surface area (Å²) in [6.07, 6.45) is 5.11. The van der Waals surface area contributed by atoms with Crippen molar-refractivity contribution in [1.82, 2.24) is 4.90 Å². The average Bonchev–Trinajstić information content (AvgIpc) is 3.19. The third-order valence-electron chi connectivity index (χ3n) is 4.24. The number of non-ortho nitro benzene ring substituents is 1. The zero-order chi connectivity index (χ0) is 19.8. The zero-order valence-corrected chi connectivity index (χ0v) is 15.1. The highest BCUT2D eigenvalue weighted by Crippen LogP contribution is 2.29. The Balaban J connectivity index is 2.16. The van der Waals surface area contributed by atoms with E-state index in [1.165, 1.54) is 17.0 Å². The number of benzene rings is 1. The molecule has 1 aromatic carbocycles.